The van der Waals surface area contributed by atoms with E-state index in [0.29, 0.717) is 22.9 Å². The number of sulfonamides is 2. The molecule has 0 spiro atoms. The van der Waals surface area contributed by atoms with Crippen LogP contribution in [0, 0.1) is 0 Å². The standard InChI is InChI=1S/C21H19N5O4S2/c22-31(27,28)19-11-9-17(10-12-19)26(21-13-14-23-24-21)18-6-4-5-16(15-18)25-32(29,30)20-7-2-1-3-8-20/h1-15,25H,(H,23,24)(H2,22,27,28). The minimum absolute atomic E-state index is 0.0183. The molecule has 3 aromatic carbocycles. The van der Waals surface area contributed by atoms with Gasteiger partial charge in [-0.25, -0.2) is 22.0 Å². The molecule has 0 radical (unpaired) electrons. The average Bonchev–Trinajstić information content (AvgIpc) is 3.29. The number of hydrogen-bond acceptors (Lipinski definition) is 6. The number of rotatable bonds is 7. The van der Waals surface area contributed by atoms with Gasteiger partial charge in [-0.2, -0.15) is 5.10 Å². The van der Waals surface area contributed by atoms with Gasteiger partial charge in [0.15, 0.2) is 0 Å². The van der Waals surface area contributed by atoms with Gasteiger partial charge in [-0.3, -0.25) is 14.7 Å². The van der Waals surface area contributed by atoms with Crippen molar-refractivity contribution in [1.82, 2.24) is 10.2 Å². The first-order valence-corrected chi connectivity index (χ1v) is 12.4. The average molecular weight is 470 g/mol. The van der Waals surface area contributed by atoms with E-state index in [2.05, 4.69) is 14.9 Å². The van der Waals surface area contributed by atoms with E-state index in [1.54, 1.807) is 71.8 Å². The van der Waals surface area contributed by atoms with Gasteiger partial charge in [0.1, 0.15) is 5.82 Å². The molecule has 1 heterocycles. The quantitative estimate of drug-likeness (QED) is 0.379. The molecule has 0 aliphatic heterocycles. The first-order valence-electron chi connectivity index (χ1n) is 9.34. The predicted molar refractivity (Wildman–Crippen MR) is 122 cm³/mol. The van der Waals surface area contributed by atoms with Crippen LogP contribution in [0.3, 0.4) is 0 Å². The van der Waals surface area contributed by atoms with E-state index in [-0.39, 0.29) is 9.79 Å². The maximum Gasteiger partial charge on any atom is 0.261 e. The number of hydrogen-bond donors (Lipinski definition) is 3. The molecule has 9 nitrogen and oxygen atoms in total. The Balaban J connectivity index is 1.72. The molecule has 0 saturated heterocycles. The summed E-state index contributed by atoms with van der Waals surface area (Å²) in [5.41, 5.74) is 1.59. The molecule has 0 unspecified atom stereocenters. The number of benzene rings is 3. The van der Waals surface area contributed by atoms with Crippen molar-refractivity contribution in [1.29, 1.82) is 0 Å². The maximum atomic E-state index is 12.7. The molecule has 0 amide bonds. The van der Waals surface area contributed by atoms with Crippen LogP contribution in [-0.4, -0.2) is 27.0 Å². The molecule has 0 fully saturated rings. The molecule has 0 aliphatic rings. The van der Waals surface area contributed by atoms with Crippen molar-refractivity contribution in [2.75, 3.05) is 9.62 Å². The Labute approximate surface area is 185 Å². The molecule has 4 aromatic rings. The summed E-state index contributed by atoms with van der Waals surface area (Å²) >= 11 is 0. The fraction of sp³-hybridized carbons (Fsp3) is 0. The maximum absolute atomic E-state index is 12.7. The fourth-order valence-corrected chi connectivity index (χ4v) is 4.69. The zero-order valence-corrected chi connectivity index (χ0v) is 18.2. The molecule has 0 atom stereocenters. The molecule has 0 saturated carbocycles. The number of aromatic amines is 1. The highest BCUT2D eigenvalue weighted by Gasteiger charge is 2.18. The fourth-order valence-electron chi connectivity index (χ4n) is 3.11. The number of primary sulfonamides is 1. The van der Waals surface area contributed by atoms with Gasteiger partial charge in [0.25, 0.3) is 10.0 Å². The van der Waals surface area contributed by atoms with Gasteiger partial charge in [-0.15, -0.1) is 0 Å². The summed E-state index contributed by atoms with van der Waals surface area (Å²) in [7, 11) is -7.60. The Morgan fingerprint density at radius 1 is 0.781 bits per heavy atom. The van der Waals surface area contributed by atoms with E-state index in [1.165, 1.54) is 24.3 Å². The lowest BCUT2D eigenvalue weighted by molar-refractivity contribution is 0.597. The van der Waals surface area contributed by atoms with E-state index < -0.39 is 20.0 Å². The Hall–Kier alpha value is -3.67. The zero-order chi connectivity index (χ0) is 22.8. The highest BCUT2D eigenvalue weighted by molar-refractivity contribution is 7.92. The largest absolute Gasteiger partial charge is 0.295 e. The second kappa shape index (κ2) is 8.46. The molecule has 4 N–H and O–H groups in total. The SMILES string of the molecule is NS(=O)(=O)c1ccc(N(c2cccc(NS(=O)(=O)c3ccccc3)c2)c2ccn[nH]2)cc1. The molecule has 32 heavy (non-hydrogen) atoms. The second-order valence-electron chi connectivity index (χ2n) is 6.79. The summed E-state index contributed by atoms with van der Waals surface area (Å²) in [5, 5.41) is 12.0. The smallest absolute Gasteiger partial charge is 0.261 e. The van der Waals surface area contributed by atoms with E-state index in [4.69, 9.17) is 5.14 Å². The van der Waals surface area contributed by atoms with Crippen LogP contribution in [-0.2, 0) is 20.0 Å². The lowest BCUT2D eigenvalue weighted by atomic mass is 10.2. The summed E-state index contributed by atoms with van der Waals surface area (Å²) in [6.45, 7) is 0. The van der Waals surface area contributed by atoms with Gasteiger partial charge < -0.3 is 0 Å². The van der Waals surface area contributed by atoms with Gasteiger partial charge >= 0.3 is 0 Å². The minimum Gasteiger partial charge on any atom is -0.295 e. The molecule has 0 aliphatic carbocycles. The number of nitrogens with two attached hydrogens (primary N) is 1. The summed E-state index contributed by atoms with van der Waals surface area (Å²) in [5.74, 6) is 0.594. The predicted octanol–water partition coefficient (Wildman–Crippen LogP) is 3.33. The normalized spacial score (nSPS) is 11.8. The lowest BCUT2D eigenvalue weighted by Gasteiger charge is -2.24. The Kier molecular flexibility index (Phi) is 5.70. The lowest BCUT2D eigenvalue weighted by Crippen LogP contribution is -2.15. The highest BCUT2D eigenvalue weighted by Crippen LogP contribution is 2.35. The van der Waals surface area contributed by atoms with E-state index in [0.717, 1.165) is 0 Å². The van der Waals surface area contributed by atoms with Gasteiger partial charge in [0, 0.05) is 17.4 Å². The van der Waals surface area contributed by atoms with Crippen LogP contribution in [0.25, 0.3) is 0 Å². The molecular formula is C21H19N5O4S2. The van der Waals surface area contributed by atoms with E-state index in [1.807, 2.05) is 0 Å². The van der Waals surface area contributed by atoms with Crippen molar-refractivity contribution in [3.05, 3.63) is 91.1 Å². The van der Waals surface area contributed by atoms with Gasteiger partial charge in [-0.05, 0) is 54.6 Å². The van der Waals surface area contributed by atoms with Gasteiger partial charge in [0.05, 0.1) is 21.7 Å². The summed E-state index contributed by atoms with van der Waals surface area (Å²) in [4.78, 5) is 1.89. The monoisotopic (exact) mass is 469 g/mol. The molecule has 0 bridgehead atoms. The van der Waals surface area contributed by atoms with Crippen LogP contribution in [0.4, 0.5) is 22.9 Å². The molecule has 164 valence electrons. The summed E-state index contributed by atoms with van der Waals surface area (Å²) in [6, 6.07) is 22.6. The van der Waals surface area contributed by atoms with Crippen molar-refractivity contribution < 1.29 is 16.8 Å². The summed E-state index contributed by atoms with van der Waals surface area (Å²) < 4.78 is 51.2. The number of anilines is 4. The van der Waals surface area contributed by atoms with Crippen molar-refractivity contribution in [2.45, 2.75) is 9.79 Å². The number of aromatic nitrogens is 2. The van der Waals surface area contributed by atoms with Crippen molar-refractivity contribution in [2.24, 2.45) is 5.14 Å². The van der Waals surface area contributed by atoms with Crippen molar-refractivity contribution in [3.8, 4) is 0 Å². The van der Waals surface area contributed by atoms with Crippen molar-refractivity contribution >= 4 is 42.9 Å². The Bertz CT molecular complexity index is 1420. The topological polar surface area (TPSA) is 138 Å². The third-order valence-corrected chi connectivity index (χ3v) is 6.89. The second-order valence-corrected chi connectivity index (χ2v) is 10.0. The number of nitrogens with zero attached hydrogens (tertiary/aromatic N) is 2. The first kappa shape index (κ1) is 21.6. The van der Waals surface area contributed by atoms with Crippen LogP contribution in [0.2, 0.25) is 0 Å². The van der Waals surface area contributed by atoms with Crippen molar-refractivity contribution in [3.63, 3.8) is 0 Å². The van der Waals surface area contributed by atoms with Gasteiger partial charge in [-0.1, -0.05) is 24.3 Å². The molecule has 11 heteroatoms. The van der Waals surface area contributed by atoms with Crippen LogP contribution in [0.15, 0.2) is 101 Å². The molecular weight excluding hydrogens is 450 g/mol. The van der Waals surface area contributed by atoms with E-state index >= 15 is 0 Å². The van der Waals surface area contributed by atoms with Crippen LogP contribution >= 0.6 is 0 Å². The Morgan fingerprint density at radius 2 is 1.50 bits per heavy atom. The summed E-state index contributed by atoms with van der Waals surface area (Å²) in [6.07, 6.45) is 1.57. The van der Waals surface area contributed by atoms with Gasteiger partial charge in [0.2, 0.25) is 10.0 Å². The Morgan fingerprint density at radius 3 is 2.12 bits per heavy atom. The third-order valence-electron chi connectivity index (χ3n) is 4.56. The third kappa shape index (κ3) is 4.64. The van der Waals surface area contributed by atoms with Crippen LogP contribution in [0.1, 0.15) is 0 Å². The van der Waals surface area contributed by atoms with Crippen LogP contribution in [0.5, 0.6) is 0 Å². The van der Waals surface area contributed by atoms with E-state index in [9.17, 15) is 16.8 Å². The molecule has 1 aromatic heterocycles. The van der Waals surface area contributed by atoms with Crippen LogP contribution < -0.4 is 14.8 Å². The molecule has 4 rings (SSSR count). The first-order chi connectivity index (χ1) is 15.2. The zero-order valence-electron chi connectivity index (χ0n) is 16.6. The number of nitrogens with one attached hydrogen (secondary N) is 2. The number of H-pyrrole nitrogens is 1. The highest BCUT2D eigenvalue weighted by atomic mass is 32.2. The minimum atomic E-state index is -3.83.